The molecule has 1 nitrogen and oxygen atoms in total. The molecule has 0 bridgehead atoms. The molecule has 0 aliphatic heterocycles. The molecule has 3 unspecified atom stereocenters. The van der Waals surface area contributed by atoms with Gasteiger partial charge in [-0.1, -0.05) is 81.7 Å². The van der Waals surface area contributed by atoms with Crippen molar-refractivity contribution >= 4 is 0 Å². The fourth-order valence-corrected chi connectivity index (χ4v) is 4.10. The molecule has 0 heterocycles. The highest BCUT2D eigenvalue weighted by Gasteiger charge is 2.15. The Morgan fingerprint density at radius 3 is 2.65 bits per heavy atom. The number of allylic oxidation sites excluding steroid dienone is 10. The second kappa shape index (κ2) is 15.2. The van der Waals surface area contributed by atoms with Gasteiger partial charge in [-0.2, -0.15) is 0 Å². The molecule has 2 heteroatoms. The first-order chi connectivity index (χ1) is 14.8. The average Bonchev–Trinajstić information content (AvgIpc) is 2.97. The molecule has 0 saturated heterocycles. The van der Waals surface area contributed by atoms with Gasteiger partial charge < -0.3 is 5.73 Å². The van der Waals surface area contributed by atoms with Crippen LogP contribution in [-0.2, 0) is 0 Å². The van der Waals surface area contributed by atoms with E-state index in [0.29, 0.717) is 18.4 Å². The zero-order chi connectivity index (χ0) is 23.2. The summed E-state index contributed by atoms with van der Waals surface area (Å²) in [4.78, 5) is 0. The molecule has 1 rings (SSSR count). The number of hydrogen-bond acceptors (Lipinski definition) is 1. The van der Waals surface area contributed by atoms with E-state index >= 15 is 0 Å². The Morgan fingerprint density at radius 2 is 2.00 bits per heavy atom. The second-order valence-corrected chi connectivity index (χ2v) is 9.32. The van der Waals surface area contributed by atoms with E-state index in [4.69, 9.17) is 5.73 Å². The van der Waals surface area contributed by atoms with Crippen molar-refractivity contribution in [3.05, 3.63) is 71.2 Å². The lowest BCUT2D eigenvalue weighted by atomic mass is 9.85. The lowest BCUT2D eigenvalue weighted by Gasteiger charge is -2.20. The predicted octanol–water partition coefficient (Wildman–Crippen LogP) is 8.77. The Bertz CT molecular complexity index is 700. The molecule has 0 saturated carbocycles. The molecule has 0 aromatic rings. The van der Waals surface area contributed by atoms with Crippen LogP contribution in [0.3, 0.4) is 0 Å². The highest BCUT2D eigenvalue weighted by Crippen LogP contribution is 2.31. The highest BCUT2D eigenvalue weighted by atomic mass is 19.1. The fourth-order valence-electron chi connectivity index (χ4n) is 4.10. The number of hydrogen-bond donors (Lipinski definition) is 1. The molecule has 0 amide bonds. The highest BCUT2D eigenvalue weighted by molar-refractivity contribution is 5.33. The van der Waals surface area contributed by atoms with Crippen molar-refractivity contribution in [3.8, 4) is 0 Å². The van der Waals surface area contributed by atoms with Crippen LogP contribution in [-0.4, -0.2) is 6.54 Å². The van der Waals surface area contributed by atoms with Crippen LogP contribution >= 0.6 is 0 Å². The van der Waals surface area contributed by atoms with E-state index in [2.05, 4.69) is 58.6 Å². The molecule has 0 fully saturated rings. The van der Waals surface area contributed by atoms with Gasteiger partial charge in [0.25, 0.3) is 0 Å². The van der Waals surface area contributed by atoms with Gasteiger partial charge in [0.2, 0.25) is 0 Å². The van der Waals surface area contributed by atoms with E-state index in [1.54, 1.807) is 6.08 Å². The predicted molar refractivity (Wildman–Crippen MR) is 137 cm³/mol. The summed E-state index contributed by atoms with van der Waals surface area (Å²) < 4.78 is 13.0. The first-order valence-corrected chi connectivity index (χ1v) is 12.2. The lowest BCUT2D eigenvalue weighted by molar-refractivity contribution is 0.525. The standard InChI is InChI=1S/C29H46FN/c1-7-8-10-27-11-9-12-28(17-16-27)21-24(4)26(6)29(19-20-31)18-14-23(3)22(2)13-15-25(5)30/h12-13,15-17,19,23-24,27H,6-11,14,18,20-21,31H2,1-5H3/b22-13+,25-15+,29-19-. The molecule has 0 aromatic heterocycles. The average molecular weight is 428 g/mol. The van der Waals surface area contributed by atoms with Gasteiger partial charge in [-0.25, -0.2) is 4.39 Å². The van der Waals surface area contributed by atoms with Crippen LogP contribution in [0.5, 0.6) is 0 Å². The number of nitrogens with two attached hydrogens (primary N) is 1. The Labute approximate surface area is 191 Å². The third-order valence-electron chi connectivity index (χ3n) is 6.57. The van der Waals surface area contributed by atoms with Crippen molar-refractivity contribution in [1.29, 1.82) is 0 Å². The first kappa shape index (κ1) is 27.4. The third kappa shape index (κ3) is 11.0. The van der Waals surface area contributed by atoms with Crippen LogP contribution in [0.15, 0.2) is 71.2 Å². The summed E-state index contributed by atoms with van der Waals surface area (Å²) in [6.45, 7) is 15.3. The molecule has 31 heavy (non-hydrogen) atoms. The van der Waals surface area contributed by atoms with E-state index in [1.165, 1.54) is 61.3 Å². The minimum absolute atomic E-state index is 0.156. The summed E-state index contributed by atoms with van der Waals surface area (Å²) in [6.07, 6.45) is 22.2. The van der Waals surface area contributed by atoms with Crippen molar-refractivity contribution in [1.82, 2.24) is 0 Å². The van der Waals surface area contributed by atoms with Crippen molar-refractivity contribution in [2.75, 3.05) is 6.54 Å². The summed E-state index contributed by atoms with van der Waals surface area (Å²) in [5.74, 6) is 1.36. The van der Waals surface area contributed by atoms with Crippen LogP contribution in [0.2, 0.25) is 0 Å². The SMILES string of the molecule is C=C(/C(=C\CN)CCC(C)/C(C)=C/C=C(\C)F)C(C)CC1=CCCC(CCCC)C=C1. The molecule has 2 N–H and O–H groups in total. The molecular formula is C29H46FN. The molecule has 1 aliphatic carbocycles. The van der Waals surface area contributed by atoms with Gasteiger partial charge in [0.15, 0.2) is 0 Å². The second-order valence-electron chi connectivity index (χ2n) is 9.32. The van der Waals surface area contributed by atoms with Gasteiger partial charge in [0.1, 0.15) is 0 Å². The van der Waals surface area contributed by atoms with Crippen molar-refractivity contribution in [3.63, 3.8) is 0 Å². The Hall–Kier alpha value is -1.67. The largest absolute Gasteiger partial charge is 0.327 e. The van der Waals surface area contributed by atoms with Crippen LogP contribution in [0, 0.1) is 17.8 Å². The molecule has 174 valence electrons. The summed E-state index contributed by atoms with van der Waals surface area (Å²) in [5.41, 5.74) is 11.0. The topological polar surface area (TPSA) is 26.0 Å². The Morgan fingerprint density at radius 1 is 1.26 bits per heavy atom. The summed E-state index contributed by atoms with van der Waals surface area (Å²) >= 11 is 0. The first-order valence-electron chi connectivity index (χ1n) is 12.2. The zero-order valence-corrected chi connectivity index (χ0v) is 20.7. The summed E-state index contributed by atoms with van der Waals surface area (Å²) in [5, 5.41) is 0. The van der Waals surface area contributed by atoms with Crippen LogP contribution in [0.1, 0.15) is 86.0 Å². The van der Waals surface area contributed by atoms with Crippen molar-refractivity contribution in [2.24, 2.45) is 23.5 Å². The molecule has 3 atom stereocenters. The van der Waals surface area contributed by atoms with Gasteiger partial charge in [-0.05, 0) is 87.3 Å². The van der Waals surface area contributed by atoms with Gasteiger partial charge in [-0.15, -0.1) is 0 Å². The van der Waals surface area contributed by atoms with Gasteiger partial charge in [-0.3, -0.25) is 0 Å². The van der Waals surface area contributed by atoms with Crippen molar-refractivity contribution < 1.29 is 4.39 Å². The Balaban J connectivity index is 2.69. The molecular weight excluding hydrogens is 381 g/mol. The van der Waals surface area contributed by atoms with Crippen LogP contribution < -0.4 is 5.73 Å². The van der Waals surface area contributed by atoms with Gasteiger partial charge in [0.05, 0.1) is 5.83 Å². The fraction of sp³-hybridized carbons (Fsp3) is 0.586. The van der Waals surface area contributed by atoms with Crippen LogP contribution in [0.25, 0.3) is 0 Å². The van der Waals surface area contributed by atoms with Crippen molar-refractivity contribution in [2.45, 2.75) is 86.0 Å². The van der Waals surface area contributed by atoms with E-state index in [-0.39, 0.29) is 5.83 Å². The lowest BCUT2D eigenvalue weighted by Crippen LogP contribution is -2.07. The molecule has 0 spiro atoms. The van der Waals surface area contributed by atoms with E-state index < -0.39 is 0 Å². The molecule has 0 aromatic carbocycles. The number of unbranched alkanes of at least 4 members (excludes halogenated alkanes) is 1. The minimum Gasteiger partial charge on any atom is -0.327 e. The third-order valence-corrected chi connectivity index (χ3v) is 6.57. The smallest absolute Gasteiger partial charge is 0.0968 e. The monoisotopic (exact) mass is 427 g/mol. The maximum absolute atomic E-state index is 13.0. The zero-order valence-electron chi connectivity index (χ0n) is 20.7. The Kier molecular flexibility index (Phi) is 13.4. The maximum atomic E-state index is 13.0. The van der Waals surface area contributed by atoms with Gasteiger partial charge >= 0.3 is 0 Å². The minimum atomic E-state index is -0.156. The quantitative estimate of drug-likeness (QED) is 0.292. The maximum Gasteiger partial charge on any atom is 0.0968 e. The summed E-state index contributed by atoms with van der Waals surface area (Å²) in [6, 6.07) is 0. The summed E-state index contributed by atoms with van der Waals surface area (Å²) in [7, 11) is 0. The van der Waals surface area contributed by atoms with E-state index in [1.807, 2.05) is 6.08 Å². The van der Waals surface area contributed by atoms with E-state index in [9.17, 15) is 4.39 Å². The number of halogens is 1. The normalized spacial score (nSPS) is 20.3. The molecule has 1 aliphatic rings. The van der Waals surface area contributed by atoms with E-state index in [0.717, 1.165) is 25.2 Å². The number of rotatable bonds is 13. The van der Waals surface area contributed by atoms with Crippen LogP contribution in [0.4, 0.5) is 4.39 Å². The van der Waals surface area contributed by atoms with Gasteiger partial charge in [0, 0.05) is 6.54 Å². The molecule has 0 radical (unpaired) electrons.